The molecule has 6 rings (SSSR count). The van der Waals surface area contributed by atoms with Gasteiger partial charge in [0.15, 0.2) is 0 Å². The Morgan fingerprint density at radius 1 is 0.921 bits per heavy atom. The van der Waals surface area contributed by atoms with E-state index in [-0.39, 0.29) is 17.4 Å². The van der Waals surface area contributed by atoms with Crippen molar-refractivity contribution in [1.29, 1.82) is 0 Å². The fourth-order valence-electron chi connectivity index (χ4n) is 6.24. The van der Waals surface area contributed by atoms with Crippen molar-refractivity contribution in [3.8, 4) is 17.0 Å². The average Bonchev–Trinajstić information content (AvgIpc) is 3.22. The highest BCUT2D eigenvalue weighted by Crippen LogP contribution is 2.48. The van der Waals surface area contributed by atoms with Crippen LogP contribution in [0.4, 0.5) is 0 Å². The van der Waals surface area contributed by atoms with E-state index in [1.165, 1.54) is 59.8 Å². The monoisotopic (exact) mass is 529 g/mol. The second kappa shape index (κ2) is 10.2. The molecule has 0 N–H and O–H groups in total. The molecule has 3 aromatic carbocycles. The summed E-state index contributed by atoms with van der Waals surface area (Å²) in [5.41, 5.74) is 7.22. The topological polar surface area (TPSA) is 57.5 Å². The maximum absolute atomic E-state index is 13.0. The van der Waals surface area contributed by atoms with Gasteiger partial charge in [0.1, 0.15) is 5.75 Å². The van der Waals surface area contributed by atoms with Gasteiger partial charge < -0.3 is 9.30 Å². The molecule has 0 bridgehead atoms. The van der Waals surface area contributed by atoms with Crippen LogP contribution in [0.1, 0.15) is 54.7 Å². The van der Waals surface area contributed by atoms with E-state index in [0.717, 1.165) is 16.9 Å². The van der Waals surface area contributed by atoms with Crippen LogP contribution in [0.15, 0.2) is 71.6 Å². The minimum absolute atomic E-state index is 0.0576. The van der Waals surface area contributed by atoms with Crippen molar-refractivity contribution in [2.75, 3.05) is 13.2 Å². The Morgan fingerprint density at radius 2 is 1.68 bits per heavy atom. The Bertz CT molecular complexity index is 1560. The number of nitrogens with zero attached hydrogens (tertiary/aromatic N) is 1. The number of hydrogen-bond donors (Lipinski definition) is 0. The summed E-state index contributed by atoms with van der Waals surface area (Å²) in [5, 5.41) is 1.30. The van der Waals surface area contributed by atoms with E-state index in [1.807, 2.05) is 19.1 Å². The molecule has 0 amide bonds. The van der Waals surface area contributed by atoms with E-state index >= 15 is 0 Å². The minimum Gasteiger partial charge on any atom is -0.492 e. The summed E-state index contributed by atoms with van der Waals surface area (Å²) >= 11 is 0. The van der Waals surface area contributed by atoms with Crippen LogP contribution >= 0.6 is 0 Å². The maximum atomic E-state index is 13.0. The summed E-state index contributed by atoms with van der Waals surface area (Å²) in [6, 6.07) is 21.7. The van der Waals surface area contributed by atoms with Gasteiger partial charge in [-0.1, -0.05) is 67.3 Å². The van der Waals surface area contributed by atoms with Crippen LogP contribution in [0.5, 0.6) is 5.75 Å². The van der Waals surface area contributed by atoms with Gasteiger partial charge in [0, 0.05) is 28.9 Å². The van der Waals surface area contributed by atoms with E-state index in [2.05, 4.69) is 41.8 Å². The lowest BCUT2D eigenvalue weighted by molar-refractivity contribution is 0.165. The summed E-state index contributed by atoms with van der Waals surface area (Å²) in [5.74, 6) is 1.23. The summed E-state index contributed by atoms with van der Waals surface area (Å²) < 4.78 is 40.4. The Morgan fingerprint density at radius 3 is 2.47 bits per heavy atom. The van der Waals surface area contributed by atoms with Crippen LogP contribution in [0.3, 0.4) is 0 Å². The molecule has 1 fully saturated rings. The molecule has 2 aliphatic rings. The SMILES string of the molecule is Cc1ccc(S(=O)(=O)OCC2COc3cccc(C)c3-c3c(C4CCCCC4)c4ccccc4n3C2)cc1. The molecule has 1 aromatic heterocycles. The third-order valence-electron chi connectivity index (χ3n) is 8.18. The molecular weight excluding hydrogens is 494 g/mol. The number of aryl methyl sites for hydroxylation is 2. The normalized spacial score (nSPS) is 18.3. The van der Waals surface area contributed by atoms with E-state index in [0.29, 0.717) is 19.1 Å². The number of benzene rings is 3. The van der Waals surface area contributed by atoms with Gasteiger partial charge in [-0.05, 0) is 68.0 Å². The molecular formula is C32H35NO4S. The first-order chi connectivity index (χ1) is 18.4. The van der Waals surface area contributed by atoms with Crippen LogP contribution in [0.2, 0.25) is 0 Å². The third kappa shape index (κ3) is 4.65. The van der Waals surface area contributed by atoms with Crippen molar-refractivity contribution in [1.82, 2.24) is 4.57 Å². The van der Waals surface area contributed by atoms with Crippen LogP contribution in [0, 0.1) is 19.8 Å². The van der Waals surface area contributed by atoms with Crippen molar-refractivity contribution in [2.45, 2.75) is 63.3 Å². The molecule has 1 unspecified atom stereocenters. The largest absolute Gasteiger partial charge is 0.492 e. The molecule has 5 nitrogen and oxygen atoms in total. The fourth-order valence-corrected chi connectivity index (χ4v) is 7.21. The lowest BCUT2D eigenvalue weighted by atomic mass is 9.81. The van der Waals surface area contributed by atoms with Crippen molar-refractivity contribution >= 4 is 21.0 Å². The molecule has 1 aliphatic carbocycles. The van der Waals surface area contributed by atoms with Gasteiger partial charge in [0.2, 0.25) is 0 Å². The van der Waals surface area contributed by atoms with Gasteiger partial charge in [-0.15, -0.1) is 0 Å². The summed E-state index contributed by atoms with van der Waals surface area (Å²) in [6.07, 6.45) is 6.22. The number of fused-ring (bicyclic) bond motifs is 5. The van der Waals surface area contributed by atoms with Gasteiger partial charge in [-0.2, -0.15) is 8.42 Å². The molecule has 198 valence electrons. The Balaban J connectivity index is 1.43. The number of aromatic nitrogens is 1. The second-order valence-electron chi connectivity index (χ2n) is 10.9. The standard InChI is InChI=1S/C32H35NO4S/c1-22-15-17-26(18-16-22)38(34,35)37-21-24-19-33-28-13-7-6-12-27(28)31(25-10-4-3-5-11-25)32(33)30-23(2)9-8-14-29(30)36-20-24/h6-9,12-18,24-25H,3-5,10-11,19-21H2,1-2H3. The van der Waals surface area contributed by atoms with E-state index < -0.39 is 10.1 Å². The molecule has 0 spiro atoms. The number of para-hydroxylation sites is 1. The lowest BCUT2D eigenvalue weighted by Crippen LogP contribution is -2.27. The molecule has 0 radical (unpaired) electrons. The average molecular weight is 530 g/mol. The molecule has 4 aromatic rings. The first-order valence-electron chi connectivity index (χ1n) is 13.7. The van der Waals surface area contributed by atoms with Crippen molar-refractivity contribution in [3.05, 3.63) is 83.4 Å². The van der Waals surface area contributed by atoms with E-state index in [4.69, 9.17) is 8.92 Å². The van der Waals surface area contributed by atoms with E-state index in [1.54, 1.807) is 24.3 Å². The second-order valence-corrected chi connectivity index (χ2v) is 12.5. The summed E-state index contributed by atoms with van der Waals surface area (Å²) in [4.78, 5) is 0.183. The van der Waals surface area contributed by atoms with Gasteiger partial charge in [0.25, 0.3) is 10.1 Å². The van der Waals surface area contributed by atoms with Gasteiger partial charge >= 0.3 is 0 Å². The molecule has 6 heteroatoms. The summed E-state index contributed by atoms with van der Waals surface area (Å²) in [7, 11) is -3.86. The fraction of sp³-hybridized carbons (Fsp3) is 0.375. The highest BCUT2D eigenvalue weighted by Gasteiger charge is 2.31. The third-order valence-corrected chi connectivity index (χ3v) is 9.47. The van der Waals surface area contributed by atoms with Gasteiger partial charge in [0.05, 0.1) is 23.8 Å². The quantitative estimate of drug-likeness (QED) is 0.253. The predicted octanol–water partition coefficient (Wildman–Crippen LogP) is 7.39. The first-order valence-corrected chi connectivity index (χ1v) is 15.1. The molecule has 0 saturated heterocycles. The van der Waals surface area contributed by atoms with Crippen LogP contribution in [-0.4, -0.2) is 26.2 Å². The lowest BCUT2D eigenvalue weighted by Gasteiger charge is -2.28. The van der Waals surface area contributed by atoms with Crippen molar-refractivity contribution < 1.29 is 17.3 Å². The molecule has 1 saturated carbocycles. The zero-order valence-electron chi connectivity index (χ0n) is 22.2. The molecule has 2 heterocycles. The highest BCUT2D eigenvalue weighted by atomic mass is 32.2. The minimum atomic E-state index is -3.86. The van der Waals surface area contributed by atoms with Crippen LogP contribution < -0.4 is 4.74 Å². The Kier molecular flexibility index (Phi) is 6.79. The maximum Gasteiger partial charge on any atom is 0.296 e. The predicted molar refractivity (Wildman–Crippen MR) is 151 cm³/mol. The number of ether oxygens (including phenoxy) is 1. The smallest absolute Gasteiger partial charge is 0.296 e. The zero-order valence-corrected chi connectivity index (χ0v) is 23.0. The Labute approximate surface area is 225 Å². The first kappa shape index (κ1) is 25.2. The van der Waals surface area contributed by atoms with Gasteiger partial charge in [-0.3, -0.25) is 4.18 Å². The van der Waals surface area contributed by atoms with Crippen LogP contribution in [-0.2, 0) is 20.8 Å². The van der Waals surface area contributed by atoms with Crippen molar-refractivity contribution in [3.63, 3.8) is 0 Å². The highest BCUT2D eigenvalue weighted by molar-refractivity contribution is 7.86. The Hall–Kier alpha value is -3.09. The number of hydrogen-bond acceptors (Lipinski definition) is 4. The summed E-state index contributed by atoms with van der Waals surface area (Å²) in [6.45, 7) is 5.15. The number of rotatable bonds is 5. The molecule has 1 atom stereocenters. The molecule has 38 heavy (non-hydrogen) atoms. The van der Waals surface area contributed by atoms with Gasteiger partial charge in [-0.25, -0.2) is 0 Å². The van der Waals surface area contributed by atoms with E-state index in [9.17, 15) is 8.42 Å². The van der Waals surface area contributed by atoms with Crippen LogP contribution in [0.25, 0.3) is 22.2 Å². The molecule has 1 aliphatic heterocycles. The van der Waals surface area contributed by atoms with Crippen molar-refractivity contribution in [2.24, 2.45) is 5.92 Å². The zero-order chi connectivity index (χ0) is 26.3.